The van der Waals surface area contributed by atoms with Crippen molar-refractivity contribution in [3.05, 3.63) is 71.8 Å². The van der Waals surface area contributed by atoms with Crippen LogP contribution in [0, 0.1) is 5.53 Å². The van der Waals surface area contributed by atoms with Crippen LogP contribution in [0.2, 0.25) is 0 Å². The third-order valence-electron chi connectivity index (χ3n) is 4.91. The van der Waals surface area contributed by atoms with Gasteiger partial charge in [-0.3, -0.25) is 14.7 Å². The van der Waals surface area contributed by atoms with Gasteiger partial charge in [0, 0.05) is 18.9 Å². The minimum atomic E-state index is 0.453. The second kappa shape index (κ2) is 10.3. The SMILES string of the molecule is N=N/C(=C\NCc1ccccn1)CN1CCC(c2cccc(OC=O)c2)CC1. The van der Waals surface area contributed by atoms with E-state index in [0.29, 0.717) is 36.9 Å². The molecule has 1 saturated heterocycles. The fourth-order valence-electron chi connectivity index (χ4n) is 3.44. The quantitative estimate of drug-likeness (QED) is 0.514. The maximum absolute atomic E-state index is 10.5. The minimum Gasteiger partial charge on any atom is -0.429 e. The van der Waals surface area contributed by atoms with E-state index in [1.807, 2.05) is 30.3 Å². The second-order valence-electron chi connectivity index (χ2n) is 6.79. The number of carbonyl (C=O) groups is 1. The maximum Gasteiger partial charge on any atom is 0.298 e. The summed E-state index contributed by atoms with van der Waals surface area (Å²) in [4.78, 5) is 17.1. The first-order valence-corrected chi connectivity index (χ1v) is 9.41. The highest BCUT2D eigenvalue weighted by Crippen LogP contribution is 2.30. The zero-order chi connectivity index (χ0) is 19.6. The molecular formula is C21H25N5O2. The summed E-state index contributed by atoms with van der Waals surface area (Å²) in [6.07, 6.45) is 5.61. The number of aromatic nitrogens is 1. The monoisotopic (exact) mass is 379 g/mol. The fraction of sp³-hybridized carbons (Fsp3) is 0.333. The van der Waals surface area contributed by atoms with Gasteiger partial charge in [0.05, 0.1) is 17.9 Å². The molecule has 28 heavy (non-hydrogen) atoms. The Hall–Kier alpha value is -3.06. The summed E-state index contributed by atoms with van der Waals surface area (Å²) in [6, 6.07) is 13.5. The van der Waals surface area contributed by atoms with Crippen LogP contribution in [0.3, 0.4) is 0 Å². The van der Waals surface area contributed by atoms with Crippen molar-refractivity contribution in [3.63, 3.8) is 0 Å². The molecule has 1 aliphatic rings. The van der Waals surface area contributed by atoms with Gasteiger partial charge in [-0.2, -0.15) is 5.11 Å². The Morgan fingerprint density at radius 1 is 1.29 bits per heavy atom. The second-order valence-corrected chi connectivity index (χ2v) is 6.79. The molecule has 7 heteroatoms. The topological polar surface area (TPSA) is 90.7 Å². The van der Waals surface area contributed by atoms with Crippen LogP contribution in [0.4, 0.5) is 0 Å². The molecule has 0 atom stereocenters. The number of hydrogen-bond donors (Lipinski definition) is 2. The molecule has 1 aliphatic heterocycles. The molecule has 2 N–H and O–H groups in total. The first-order valence-electron chi connectivity index (χ1n) is 9.41. The van der Waals surface area contributed by atoms with Crippen molar-refractivity contribution in [3.8, 4) is 5.75 Å². The van der Waals surface area contributed by atoms with Gasteiger partial charge >= 0.3 is 0 Å². The number of piperidine rings is 1. The third kappa shape index (κ3) is 5.72. The number of benzene rings is 1. The van der Waals surface area contributed by atoms with Crippen LogP contribution in [0.15, 0.2) is 65.7 Å². The highest BCUT2D eigenvalue weighted by Gasteiger charge is 2.21. The van der Waals surface area contributed by atoms with E-state index in [1.165, 1.54) is 5.56 Å². The molecule has 0 bridgehead atoms. The molecule has 0 amide bonds. The van der Waals surface area contributed by atoms with Gasteiger partial charge < -0.3 is 10.1 Å². The highest BCUT2D eigenvalue weighted by molar-refractivity contribution is 5.46. The lowest BCUT2D eigenvalue weighted by molar-refractivity contribution is -0.120. The van der Waals surface area contributed by atoms with E-state index in [-0.39, 0.29) is 0 Å². The number of hydrogen-bond acceptors (Lipinski definition) is 7. The summed E-state index contributed by atoms with van der Waals surface area (Å²) >= 11 is 0. The Balaban J connectivity index is 1.48. The average Bonchev–Trinajstić information content (AvgIpc) is 2.75. The lowest BCUT2D eigenvalue weighted by atomic mass is 9.89. The van der Waals surface area contributed by atoms with Crippen LogP contribution < -0.4 is 10.1 Å². The standard InChI is InChI=1S/C21H25N5O2/c22-25-20(14-23-13-19-5-1-2-9-24-19)15-26-10-7-17(8-11-26)18-4-3-6-21(12-18)28-16-27/h1-6,9,12,14,16-17,22-23H,7-8,10-11,13,15H2/b20-14-,25-22?. The predicted molar refractivity (Wildman–Crippen MR) is 106 cm³/mol. The average molecular weight is 379 g/mol. The van der Waals surface area contributed by atoms with Gasteiger partial charge in [-0.05, 0) is 61.7 Å². The molecule has 0 radical (unpaired) electrons. The normalized spacial score (nSPS) is 15.8. The lowest BCUT2D eigenvalue weighted by Crippen LogP contribution is -2.34. The van der Waals surface area contributed by atoms with Crippen LogP contribution >= 0.6 is 0 Å². The van der Waals surface area contributed by atoms with Gasteiger partial charge in [0.2, 0.25) is 0 Å². The molecular weight excluding hydrogens is 354 g/mol. The molecule has 2 heterocycles. The maximum atomic E-state index is 10.5. The number of carbonyl (C=O) groups excluding carboxylic acids is 1. The molecule has 0 saturated carbocycles. The minimum absolute atomic E-state index is 0.453. The molecule has 0 unspecified atom stereocenters. The smallest absolute Gasteiger partial charge is 0.298 e. The van der Waals surface area contributed by atoms with Crippen molar-refractivity contribution >= 4 is 6.47 Å². The number of ether oxygens (including phenoxy) is 1. The summed E-state index contributed by atoms with van der Waals surface area (Å²) in [5, 5.41) is 6.85. The Morgan fingerprint density at radius 3 is 2.86 bits per heavy atom. The molecule has 0 spiro atoms. The van der Waals surface area contributed by atoms with Crippen molar-refractivity contribution in [2.45, 2.75) is 25.3 Å². The van der Waals surface area contributed by atoms with E-state index in [0.717, 1.165) is 31.6 Å². The summed E-state index contributed by atoms with van der Waals surface area (Å²) in [5.74, 6) is 1.04. The van der Waals surface area contributed by atoms with Crippen molar-refractivity contribution in [2.75, 3.05) is 19.6 Å². The van der Waals surface area contributed by atoms with Gasteiger partial charge in [0.25, 0.3) is 6.47 Å². The molecule has 2 aromatic rings. The number of nitrogens with one attached hydrogen (secondary N) is 2. The van der Waals surface area contributed by atoms with E-state index < -0.39 is 0 Å². The number of pyridine rings is 1. The van der Waals surface area contributed by atoms with Crippen molar-refractivity contribution in [1.29, 1.82) is 5.53 Å². The fourth-order valence-corrected chi connectivity index (χ4v) is 3.44. The van der Waals surface area contributed by atoms with E-state index in [2.05, 4.69) is 26.4 Å². The largest absolute Gasteiger partial charge is 0.429 e. The molecule has 3 rings (SSSR count). The van der Waals surface area contributed by atoms with Crippen LogP contribution in [0.5, 0.6) is 5.75 Å². The summed E-state index contributed by atoms with van der Waals surface area (Å²) < 4.78 is 4.95. The zero-order valence-corrected chi connectivity index (χ0v) is 15.8. The predicted octanol–water partition coefficient (Wildman–Crippen LogP) is 3.46. The van der Waals surface area contributed by atoms with Gasteiger partial charge in [-0.15, -0.1) is 0 Å². The Bertz CT molecular complexity index is 801. The molecule has 1 aromatic carbocycles. The van der Waals surface area contributed by atoms with E-state index in [9.17, 15) is 4.79 Å². The molecule has 1 fully saturated rings. The van der Waals surface area contributed by atoms with Crippen LogP contribution in [0.25, 0.3) is 0 Å². The molecule has 146 valence electrons. The number of likely N-dealkylation sites (tertiary alicyclic amines) is 1. The summed E-state index contributed by atoms with van der Waals surface area (Å²) in [7, 11) is 0. The summed E-state index contributed by atoms with van der Waals surface area (Å²) in [5.41, 5.74) is 10.3. The van der Waals surface area contributed by atoms with Crippen molar-refractivity contribution in [1.82, 2.24) is 15.2 Å². The van der Waals surface area contributed by atoms with Crippen LogP contribution in [0.1, 0.15) is 30.0 Å². The van der Waals surface area contributed by atoms with E-state index in [1.54, 1.807) is 18.5 Å². The number of nitrogens with zero attached hydrogens (tertiary/aromatic N) is 3. The lowest BCUT2D eigenvalue weighted by Gasteiger charge is -2.32. The highest BCUT2D eigenvalue weighted by atomic mass is 16.5. The molecule has 0 aliphatic carbocycles. The Morgan fingerprint density at radius 2 is 2.14 bits per heavy atom. The Labute approximate surface area is 164 Å². The molecule has 7 nitrogen and oxygen atoms in total. The van der Waals surface area contributed by atoms with Crippen LogP contribution in [-0.2, 0) is 11.3 Å². The van der Waals surface area contributed by atoms with Gasteiger partial charge in [-0.1, -0.05) is 18.2 Å². The first-order chi connectivity index (χ1) is 13.8. The van der Waals surface area contributed by atoms with Gasteiger partial charge in [-0.25, -0.2) is 5.53 Å². The molecule has 1 aromatic heterocycles. The van der Waals surface area contributed by atoms with E-state index >= 15 is 0 Å². The first kappa shape index (κ1) is 19.7. The van der Waals surface area contributed by atoms with E-state index in [4.69, 9.17) is 10.3 Å². The number of rotatable bonds is 9. The third-order valence-corrected chi connectivity index (χ3v) is 4.91. The van der Waals surface area contributed by atoms with Crippen LogP contribution in [-0.4, -0.2) is 36.0 Å². The summed E-state index contributed by atoms with van der Waals surface area (Å²) in [6.45, 7) is 3.61. The van der Waals surface area contributed by atoms with Crippen molar-refractivity contribution < 1.29 is 9.53 Å². The zero-order valence-electron chi connectivity index (χ0n) is 15.8. The van der Waals surface area contributed by atoms with Gasteiger partial charge in [0.15, 0.2) is 0 Å². The Kier molecular flexibility index (Phi) is 7.26. The van der Waals surface area contributed by atoms with Gasteiger partial charge in [0.1, 0.15) is 5.75 Å². The van der Waals surface area contributed by atoms with Crippen molar-refractivity contribution in [2.24, 2.45) is 5.11 Å².